The predicted octanol–water partition coefficient (Wildman–Crippen LogP) is 3.74. The molecule has 0 saturated carbocycles. The summed E-state index contributed by atoms with van der Waals surface area (Å²) in [5.74, 6) is -1.84. The molecule has 0 radical (unpaired) electrons. The van der Waals surface area contributed by atoms with E-state index in [9.17, 15) is 14.0 Å². The molecule has 3 aromatic rings. The molecule has 6 heteroatoms. The molecule has 1 heterocycles. The minimum atomic E-state index is -0.744. The maximum Gasteiger partial charge on any atom is 0.341 e. The molecule has 122 valence electrons. The zero-order chi connectivity index (χ0) is 17.1. The number of hydrogen-bond acceptors (Lipinski definition) is 3. The monoisotopic (exact) mass is 326 g/mol. The highest BCUT2D eigenvalue weighted by Crippen LogP contribution is 2.18. The van der Waals surface area contributed by atoms with E-state index in [1.54, 1.807) is 25.3 Å². The van der Waals surface area contributed by atoms with E-state index in [0.717, 1.165) is 17.0 Å². The summed E-state index contributed by atoms with van der Waals surface area (Å²) in [6.07, 6.45) is 1.79. The van der Waals surface area contributed by atoms with Gasteiger partial charge in [-0.25, -0.2) is 9.18 Å². The molecule has 0 bridgehead atoms. The first-order valence-electron chi connectivity index (χ1n) is 7.43. The topological polar surface area (TPSA) is 71.2 Å². The van der Waals surface area contributed by atoms with Crippen molar-refractivity contribution in [3.8, 4) is 0 Å². The molecule has 0 aliphatic carbocycles. The van der Waals surface area contributed by atoms with Crippen LogP contribution in [0.25, 0.3) is 10.9 Å². The van der Waals surface area contributed by atoms with Gasteiger partial charge in [-0.15, -0.1) is 0 Å². The number of aromatic nitrogens is 1. The molecular weight excluding hydrogens is 311 g/mol. The lowest BCUT2D eigenvalue weighted by Gasteiger charge is -2.08. The smallest absolute Gasteiger partial charge is 0.341 e. The maximum absolute atomic E-state index is 14.0. The van der Waals surface area contributed by atoms with Crippen LogP contribution in [0.5, 0.6) is 0 Å². The van der Waals surface area contributed by atoms with Gasteiger partial charge >= 0.3 is 5.97 Å². The highest BCUT2D eigenvalue weighted by atomic mass is 19.1. The van der Waals surface area contributed by atoms with Crippen molar-refractivity contribution in [2.45, 2.75) is 6.92 Å². The Morgan fingerprint density at radius 2 is 2.00 bits per heavy atom. The van der Waals surface area contributed by atoms with Gasteiger partial charge in [-0.1, -0.05) is 6.07 Å². The van der Waals surface area contributed by atoms with Crippen LogP contribution in [-0.4, -0.2) is 23.5 Å². The van der Waals surface area contributed by atoms with Gasteiger partial charge in [0.05, 0.1) is 12.2 Å². The number of H-pyrrole nitrogens is 1. The molecule has 1 aromatic heterocycles. The third-order valence-electron chi connectivity index (χ3n) is 3.54. The van der Waals surface area contributed by atoms with Crippen molar-refractivity contribution in [3.05, 3.63) is 65.6 Å². The molecule has 2 N–H and O–H groups in total. The fourth-order valence-electron chi connectivity index (χ4n) is 2.36. The number of hydrogen-bond donors (Lipinski definition) is 2. The molecule has 1 amide bonds. The summed E-state index contributed by atoms with van der Waals surface area (Å²) >= 11 is 0. The minimum absolute atomic E-state index is 0.164. The van der Waals surface area contributed by atoms with E-state index >= 15 is 0 Å². The van der Waals surface area contributed by atoms with Crippen LogP contribution in [0.15, 0.2) is 48.7 Å². The van der Waals surface area contributed by atoms with Crippen LogP contribution in [0.2, 0.25) is 0 Å². The summed E-state index contributed by atoms with van der Waals surface area (Å²) in [7, 11) is 0. The zero-order valence-electron chi connectivity index (χ0n) is 12.9. The highest BCUT2D eigenvalue weighted by molar-refractivity contribution is 6.06. The molecule has 5 nitrogen and oxygen atoms in total. The largest absolute Gasteiger partial charge is 0.462 e. The van der Waals surface area contributed by atoms with E-state index in [-0.39, 0.29) is 23.8 Å². The molecule has 0 saturated heterocycles. The van der Waals surface area contributed by atoms with Crippen molar-refractivity contribution in [1.29, 1.82) is 0 Å². The number of carbonyl (C=O) groups excluding carboxylic acids is 2. The summed E-state index contributed by atoms with van der Waals surface area (Å²) in [5.41, 5.74) is 1.38. The van der Waals surface area contributed by atoms with Gasteiger partial charge in [0.1, 0.15) is 5.82 Å². The van der Waals surface area contributed by atoms with Gasteiger partial charge in [-0.3, -0.25) is 4.79 Å². The quantitative estimate of drug-likeness (QED) is 0.718. The first-order chi connectivity index (χ1) is 11.6. The Morgan fingerprint density at radius 1 is 1.17 bits per heavy atom. The van der Waals surface area contributed by atoms with Gasteiger partial charge < -0.3 is 15.0 Å². The van der Waals surface area contributed by atoms with Crippen LogP contribution in [0.1, 0.15) is 27.6 Å². The Morgan fingerprint density at radius 3 is 2.75 bits per heavy atom. The number of fused-ring (bicyclic) bond motifs is 1. The lowest BCUT2D eigenvalue weighted by atomic mass is 10.1. The highest BCUT2D eigenvalue weighted by Gasteiger charge is 2.14. The number of halogens is 1. The fraction of sp³-hybridized carbons (Fsp3) is 0.111. The van der Waals surface area contributed by atoms with Crippen LogP contribution in [0.4, 0.5) is 10.1 Å². The Labute approximate surface area is 137 Å². The van der Waals surface area contributed by atoms with Crippen molar-refractivity contribution in [2.24, 2.45) is 0 Å². The van der Waals surface area contributed by atoms with Gasteiger partial charge in [0, 0.05) is 23.0 Å². The van der Waals surface area contributed by atoms with E-state index in [1.165, 1.54) is 12.1 Å². The van der Waals surface area contributed by atoms with Gasteiger partial charge in [0.25, 0.3) is 5.91 Å². The van der Waals surface area contributed by atoms with E-state index in [4.69, 9.17) is 4.74 Å². The molecule has 0 fully saturated rings. The molecule has 2 aromatic carbocycles. The molecule has 0 unspecified atom stereocenters. The van der Waals surface area contributed by atoms with E-state index in [2.05, 4.69) is 10.3 Å². The summed E-state index contributed by atoms with van der Waals surface area (Å²) in [6.45, 7) is 1.81. The average Bonchev–Trinajstić information content (AvgIpc) is 3.02. The second kappa shape index (κ2) is 6.54. The molecule has 0 aliphatic heterocycles. The van der Waals surface area contributed by atoms with Crippen LogP contribution >= 0.6 is 0 Å². The summed E-state index contributed by atoms with van der Waals surface area (Å²) < 4.78 is 18.7. The van der Waals surface area contributed by atoms with Crippen LogP contribution < -0.4 is 5.32 Å². The molecule has 0 atom stereocenters. The third-order valence-corrected chi connectivity index (χ3v) is 3.54. The first-order valence-corrected chi connectivity index (χ1v) is 7.43. The van der Waals surface area contributed by atoms with Crippen LogP contribution in [0, 0.1) is 5.82 Å². The fourth-order valence-corrected chi connectivity index (χ4v) is 2.36. The summed E-state index contributed by atoms with van der Waals surface area (Å²) in [6, 6.07) is 11.0. The lowest BCUT2D eigenvalue weighted by Crippen LogP contribution is -2.13. The lowest BCUT2D eigenvalue weighted by molar-refractivity contribution is 0.0521. The maximum atomic E-state index is 14.0. The molecule has 3 rings (SSSR count). The SMILES string of the molecule is CCOC(=O)c1ccc(NC(=O)c2ccc3cc[nH]c3c2)cc1F. The Kier molecular flexibility index (Phi) is 4.29. The normalized spacial score (nSPS) is 10.6. The van der Waals surface area contributed by atoms with E-state index in [0.29, 0.717) is 5.56 Å². The summed E-state index contributed by atoms with van der Waals surface area (Å²) in [5, 5.41) is 3.61. The molecule has 24 heavy (non-hydrogen) atoms. The van der Waals surface area contributed by atoms with Crippen LogP contribution in [0.3, 0.4) is 0 Å². The number of esters is 1. The Bertz CT molecular complexity index is 918. The Hall–Kier alpha value is -3.15. The number of rotatable bonds is 4. The van der Waals surface area contributed by atoms with Crippen molar-refractivity contribution >= 4 is 28.5 Å². The number of carbonyl (C=O) groups is 2. The van der Waals surface area contributed by atoms with Crippen LogP contribution in [-0.2, 0) is 4.74 Å². The zero-order valence-corrected chi connectivity index (χ0v) is 12.9. The number of ether oxygens (including phenoxy) is 1. The minimum Gasteiger partial charge on any atom is -0.462 e. The molecular formula is C18H15FN2O3. The standard InChI is InChI=1S/C18H15FN2O3/c1-2-24-18(23)14-6-5-13(10-15(14)19)21-17(22)12-4-3-11-7-8-20-16(11)9-12/h3-10,20H,2H2,1H3,(H,21,22). The second-order valence-electron chi connectivity index (χ2n) is 5.15. The van der Waals surface area contributed by atoms with Crippen molar-refractivity contribution in [1.82, 2.24) is 4.98 Å². The number of nitrogens with one attached hydrogen (secondary N) is 2. The van der Waals surface area contributed by atoms with E-state index in [1.807, 2.05) is 12.1 Å². The van der Waals surface area contributed by atoms with Gasteiger partial charge in [-0.05, 0) is 48.7 Å². The van der Waals surface area contributed by atoms with Gasteiger partial charge in [0.2, 0.25) is 0 Å². The molecule has 0 spiro atoms. The van der Waals surface area contributed by atoms with Crippen molar-refractivity contribution in [3.63, 3.8) is 0 Å². The summed E-state index contributed by atoms with van der Waals surface area (Å²) in [4.78, 5) is 26.9. The van der Waals surface area contributed by atoms with Crippen molar-refractivity contribution in [2.75, 3.05) is 11.9 Å². The number of aromatic amines is 1. The third kappa shape index (κ3) is 3.12. The van der Waals surface area contributed by atoms with Gasteiger partial charge in [0.15, 0.2) is 0 Å². The number of amides is 1. The second-order valence-corrected chi connectivity index (χ2v) is 5.15. The van der Waals surface area contributed by atoms with E-state index < -0.39 is 11.8 Å². The predicted molar refractivity (Wildman–Crippen MR) is 88.6 cm³/mol. The number of benzene rings is 2. The van der Waals surface area contributed by atoms with Crippen molar-refractivity contribution < 1.29 is 18.7 Å². The average molecular weight is 326 g/mol. The first kappa shape index (κ1) is 15.7. The number of anilines is 1. The Balaban J connectivity index is 1.78. The molecule has 0 aliphatic rings. The van der Waals surface area contributed by atoms with Gasteiger partial charge in [-0.2, -0.15) is 0 Å².